The van der Waals surface area contributed by atoms with Crippen LogP contribution in [0.25, 0.3) is 0 Å². The van der Waals surface area contributed by atoms with Gasteiger partial charge in [-0.1, -0.05) is 66.0 Å². The maximum absolute atomic E-state index is 6.08. The quantitative estimate of drug-likeness (QED) is 0.800. The van der Waals surface area contributed by atoms with Gasteiger partial charge in [0.25, 0.3) is 0 Å². The van der Waals surface area contributed by atoms with Crippen LogP contribution in [0.3, 0.4) is 0 Å². The third-order valence-electron chi connectivity index (χ3n) is 2.80. The van der Waals surface area contributed by atoms with Crippen LogP contribution < -0.4 is 0 Å². The summed E-state index contributed by atoms with van der Waals surface area (Å²) in [5.74, 6) is 0. The third-order valence-corrected chi connectivity index (χ3v) is 5.83. The fourth-order valence-corrected chi connectivity index (χ4v) is 5.05. The highest BCUT2D eigenvalue weighted by Gasteiger charge is 2.41. The Hall–Kier alpha value is -0.900. The minimum atomic E-state index is -0.320. The van der Waals surface area contributed by atoms with E-state index in [0.29, 0.717) is 6.61 Å². The van der Waals surface area contributed by atoms with Crippen LogP contribution >= 0.6 is 23.5 Å². The largest absolute Gasteiger partial charge is 0.350 e. The van der Waals surface area contributed by atoms with E-state index in [1.54, 1.807) is 23.5 Å². The van der Waals surface area contributed by atoms with E-state index in [-0.39, 0.29) is 4.27 Å². The van der Waals surface area contributed by atoms with E-state index in [0.717, 1.165) is 0 Å². The van der Waals surface area contributed by atoms with Crippen LogP contribution in [0.4, 0.5) is 0 Å². The molecule has 3 rings (SSSR count). The smallest absolute Gasteiger partial charge is 0.195 e. The maximum Gasteiger partial charge on any atom is 0.195 e. The van der Waals surface area contributed by atoms with Crippen LogP contribution in [-0.2, 0) is 9.00 Å². The first-order valence-corrected chi connectivity index (χ1v) is 7.64. The fourth-order valence-electron chi connectivity index (χ4n) is 2.02. The lowest BCUT2D eigenvalue weighted by Gasteiger charge is -2.27. The van der Waals surface area contributed by atoms with Gasteiger partial charge in [-0.3, -0.25) is 0 Å². The second kappa shape index (κ2) is 5.00. The van der Waals surface area contributed by atoms with Crippen LogP contribution in [0.2, 0.25) is 0 Å². The standard InChI is InChI=1S/C15H14OS2/c1-2-16-15(12-8-4-3-5-9-12)17-13-10-6-7-11-14(13)18-15/h3-11H,2H2,1H3. The molecule has 0 spiro atoms. The van der Waals surface area contributed by atoms with Gasteiger partial charge in [-0.15, -0.1) is 0 Å². The molecule has 0 unspecified atom stereocenters. The van der Waals surface area contributed by atoms with Gasteiger partial charge in [-0.25, -0.2) is 0 Å². The molecule has 0 fully saturated rings. The Bertz CT molecular complexity index is 514. The number of hydrogen-bond acceptors (Lipinski definition) is 3. The van der Waals surface area contributed by atoms with Gasteiger partial charge in [0.2, 0.25) is 0 Å². The molecule has 2 aromatic carbocycles. The first-order chi connectivity index (χ1) is 8.84. The Morgan fingerprint density at radius 1 is 0.889 bits per heavy atom. The van der Waals surface area contributed by atoms with Crippen molar-refractivity contribution in [1.29, 1.82) is 0 Å². The molecule has 0 amide bonds. The normalized spacial score (nSPS) is 16.5. The molecule has 0 aromatic heterocycles. The Morgan fingerprint density at radius 3 is 2.00 bits per heavy atom. The number of hydrogen-bond donors (Lipinski definition) is 0. The molecular formula is C15H14OS2. The number of ether oxygens (including phenoxy) is 1. The van der Waals surface area contributed by atoms with E-state index in [1.807, 2.05) is 6.07 Å². The third kappa shape index (κ3) is 2.07. The van der Waals surface area contributed by atoms with Crippen LogP contribution in [0.15, 0.2) is 64.4 Å². The predicted molar refractivity (Wildman–Crippen MR) is 77.9 cm³/mol. The van der Waals surface area contributed by atoms with E-state index in [2.05, 4.69) is 55.5 Å². The van der Waals surface area contributed by atoms with Crippen molar-refractivity contribution >= 4 is 23.5 Å². The summed E-state index contributed by atoms with van der Waals surface area (Å²) in [5.41, 5.74) is 1.22. The van der Waals surface area contributed by atoms with Crippen molar-refractivity contribution in [2.45, 2.75) is 21.0 Å². The van der Waals surface area contributed by atoms with Crippen molar-refractivity contribution in [2.75, 3.05) is 6.61 Å². The number of thioether (sulfide) groups is 2. The predicted octanol–water partition coefficient (Wildman–Crippen LogP) is 4.73. The summed E-state index contributed by atoms with van der Waals surface area (Å²) < 4.78 is 5.77. The second-order valence-electron chi connectivity index (χ2n) is 4.01. The summed E-state index contributed by atoms with van der Waals surface area (Å²) in [6, 6.07) is 19.0. The lowest BCUT2D eigenvalue weighted by atomic mass is 10.2. The van der Waals surface area contributed by atoms with Gasteiger partial charge in [0, 0.05) is 22.0 Å². The fraction of sp³-hybridized carbons (Fsp3) is 0.200. The summed E-state index contributed by atoms with van der Waals surface area (Å²) >= 11 is 3.60. The molecule has 0 bridgehead atoms. The minimum absolute atomic E-state index is 0.320. The Balaban J connectivity index is 2.02. The number of fused-ring (bicyclic) bond motifs is 1. The lowest BCUT2D eigenvalue weighted by Crippen LogP contribution is -2.19. The average Bonchev–Trinajstić information content (AvgIpc) is 2.79. The zero-order valence-electron chi connectivity index (χ0n) is 10.1. The molecule has 0 aliphatic carbocycles. The summed E-state index contributed by atoms with van der Waals surface area (Å²) in [4.78, 5) is 2.61. The van der Waals surface area contributed by atoms with Crippen LogP contribution in [0.1, 0.15) is 12.5 Å². The van der Waals surface area contributed by atoms with Crippen molar-refractivity contribution in [2.24, 2.45) is 0 Å². The number of rotatable bonds is 3. The van der Waals surface area contributed by atoms with Crippen molar-refractivity contribution in [3.63, 3.8) is 0 Å². The Labute approximate surface area is 116 Å². The van der Waals surface area contributed by atoms with Gasteiger partial charge in [-0.05, 0) is 19.1 Å². The van der Waals surface area contributed by atoms with Gasteiger partial charge in [-0.2, -0.15) is 0 Å². The van der Waals surface area contributed by atoms with E-state index in [1.165, 1.54) is 15.4 Å². The van der Waals surface area contributed by atoms with Gasteiger partial charge >= 0.3 is 0 Å². The van der Waals surface area contributed by atoms with E-state index < -0.39 is 0 Å². The van der Waals surface area contributed by atoms with Crippen molar-refractivity contribution < 1.29 is 4.74 Å². The molecular weight excluding hydrogens is 260 g/mol. The zero-order valence-corrected chi connectivity index (χ0v) is 11.8. The summed E-state index contributed by atoms with van der Waals surface area (Å²) in [6.07, 6.45) is 0. The van der Waals surface area contributed by atoms with Gasteiger partial charge in [0.1, 0.15) is 0 Å². The van der Waals surface area contributed by atoms with E-state index in [4.69, 9.17) is 4.74 Å². The summed E-state index contributed by atoms with van der Waals surface area (Å²) in [6.45, 7) is 2.76. The van der Waals surface area contributed by atoms with Crippen molar-refractivity contribution in [1.82, 2.24) is 0 Å². The molecule has 3 heteroatoms. The molecule has 0 atom stereocenters. The molecule has 92 valence electrons. The van der Waals surface area contributed by atoms with E-state index in [9.17, 15) is 0 Å². The second-order valence-corrected chi connectivity index (χ2v) is 6.70. The average molecular weight is 274 g/mol. The van der Waals surface area contributed by atoms with Crippen LogP contribution in [0.5, 0.6) is 0 Å². The van der Waals surface area contributed by atoms with Gasteiger partial charge in [0.15, 0.2) is 4.27 Å². The van der Waals surface area contributed by atoms with Crippen LogP contribution in [0, 0.1) is 0 Å². The lowest BCUT2D eigenvalue weighted by molar-refractivity contribution is 0.101. The highest BCUT2D eigenvalue weighted by Crippen LogP contribution is 2.61. The Kier molecular flexibility index (Phi) is 3.37. The molecule has 0 saturated carbocycles. The molecule has 1 heterocycles. The SMILES string of the molecule is CCOC1(c2ccccc2)Sc2ccccc2S1. The zero-order chi connectivity index (χ0) is 12.4. The summed E-state index contributed by atoms with van der Waals surface area (Å²) in [5, 5.41) is 0. The molecule has 0 radical (unpaired) electrons. The van der Waals surface area contributed by atoms with Crippen molar-refractivity contribution in [3.05, 3.63) is 60.2 Å². The van der Waals surface area contributed by atoms with Gasteiger partial charge in [0.05, 0.1) is 0 Å². The van der Waals surface area contributed by atoms with Crippen LogP contribution in [-0.4, -0.2) is 6.61 Å². The summed E-state index contributed by atoms with van der Waals surface area (Å²) in [7, 11) is 0. The molecule has 0 saturated heterocycles. The first kappa shape index (κ1) is 12.2. The first-order valence-electron chi connectivity index (χ1n) is 6.00. The minimum Gasteiger partial charge on any atom is -0.350 e. The molecule has 1 aliphatic rings. The highest BCUT2D eigenvalue weighted by molar-refractivity contribution is 8.19. The molecule has 1 nitrogen and oxygen atoms in total. The highest BCUT2D eigenvalue weighted by atomic mass is 32.2. The topological polar surface area (TPSA) is 9.23 Å². The molecule has 18 heavy (non-hydrogen) atoms. The Morgan fingerprint density at radius 2 is 1.44 bits per heavy atom. The van der Waals surface area contributed by atoms with E-state index >= 15 is 0 Å². The monoisotopic (exact) mass is 274 g/mol. The maximum atomic E-state index is 6.08. The molecule has 0 N–H and O–H groups in total. The van der Waals surface area contributed by atoms with Crippen molar-refractivity contribution in [3.8, 4) is 0 Å². The molecule has 2 aromatic rings. The number of benzene rings is 2. The molecule has 1 aliphatic heterocycles. The van der Waals surface area contributed by atoms with Gasteiger partial charge < -0.3 is 4.74 Å².